The van der Waals surface area contributed by atoms with Crippen molar-refractivity contribution in [2.75, 3.05) is 19.7 Å². The number of carbonyl (C=O) groups is 1. The Hall–Kier alpha value is -0.810. The molecule has 0 aromatic heterocycles. The summed E-state index contributed by atoms with van der Waals surface area (Å²) in [6, 6.07) is 4.80. The van der Waals surface area contributed by atoms with Gasteiger partial charge in [0.1, 0.15) is 0 Å². The molecule has 0 spiro atoms. The molecule has 1 aliphatic heterocycles. The van der Waals surface area contributed by atoms with Gasteiger partial charge in [0.15, 0.2) is 0 Å². The average Bonchev–Trinajstić information content (AvgIpc) is 2.46. The van der Waals surface area contributed by atoms with E-state index in [4.69, 9.17) is 23.2 Å². The lowest BCUT2D eigenvalue weighted by Gasteiger charge is -2.39. The van der Waals surface area contributed by atoms with Crippen molar-refractivity contribution >= 4 is 29.1 Å². The molecule has 2 unspecified atom stereocenters. The summed E-state index contributed by atoms with van der Waals surface area (Å²) in [7, 11) is 0. The van der Waals surface area contributed by atoms with E-state index in [1.807, 2.05) is 6.92 Å². The Labute approximate surface area is 140 Å². The van der Waals surface area contributed by atoms with Gasteiger partial charge in [-0.05, 0) is 36.6 Å². The second-order valence-corrected chi connectivity index (χ2v) is 7.18. The van der Waals surface area contributed by atoms with Crippen LogP contribution < -0.4 is 0 Å². The van der Waals surface area contributed by atoms with Crippen LogP contribution in [0.15, 0.2) is 18.2 Å². The van der Waals surface area contributed by atoms with Gasteiger partial charge in [-0.2, -0.15) is 0 Å². The zero-order valence-corrected chi connectivity index (χ0v) is 14.1. The number of halogens is 2. The van der Waals surface area contributed by atoms with E-state index in [1.165, 1.54) is 0 Å². The predicted octanol–water partition coefficient (Wildman–Crippen LogP) is 3.04. The molecule has 22 heavy (non-hydrogen) atoms. The molecule has 0 bridgehead atoms. The number of carbonyl (C=O) groups excluding carboxylic acids is 1. The molecule has 0 saturated carbocycles. The molecule has 1 saturated heterocycles. The van der Waals surface area contributed by atoms with Gasteiger partial charge < -0.3 is 15.1 Å². The predicted molar refractivity (Wildman–Crippen MR) is 87.0 cm³/mol. The molecule has 2 N–H and O–H groups in total. The summed E-state index contributed by atoms with van der Waals surface area (Å²) in [5, 5.41) is 20.6. The summed E-state index contributed by atoms with van der Waals surface area (Å²) >= 11 is 11.8. The van der Waals surface area contributed by atoms with Crippen LogP contribution >= 0.6 is 23.2 Å². The average molecular weight is 346 g/mol. The lowest BCUT2D eigenvalue weighted by Crippen LogP contribution is -2.46. The Morgan fingerprint density at radius 1 is 1.36 bits per heavy atom. The van der Waals surface area contributed by atoms with Gasteiger partial charge in [0.25, 0.3) is 0 Å². The molecule has 6 heteroatoms. The maximum Gasteiger partial charge on any atom is 0.225 e. The fraction of sp³-hybridized carbons (Fsp3) is 0.562. The van der Waals surface area contributed by atoms with Crippen molar-refractivity contribution < 1.29 is 15.0 Å². The summed E-state index contributed by atoms with van der Waals surface area (Å²) in [5.74, 6) is -0.122. The van der Waals surface area contributed by atoms with Gasteiger partial charge in [-0.3, -0.25) is 4.79 Å². The minimum atomic E-state index is -0.939. The lowest BCUT2D eigenvalue weighted by atomic mass is 9.82. The van der Waals surface area contributed by atoms with Crippen LogP contribution in [0.1, 0.15) is 37.9 Å². The van der Waals surface area contributed by atoms with E-state index in [1.54, 1.807) is 23.1 Å². The highest BCUT2D eigenvalue weighted by molar-refractivity contribution is 6.34. The number of hydrogen-bond donors (Lipinski definition) is 2. The van der Waals surface area contributed by atoms with Crippen LogP contribution in [0.25, 0.3) is 0 Å². The van der Waals surface area contributed by atoms with Gasteiger partial charge in [-0.15, -0.1) is 0 Å². The largest absolute Gasteiger partial charge is 0.396 e. The maximum atomic E-state index is 12.4. The summed E-state index contributed by atoms with van der Waals surface area (Å²) < 4.78 is 0. The molecule has 0 radical (unpaired) electrons. The van der Waals surface area contributed by atoms with Gasteiger partial charge in [-0.25, -0.2) is 0 Å². The first-order chi connectivity index (χ1) is 10.3. The fourth-order valence-corrected chi connectivity index (χ4v) is 3.38. The van der Waals surface area contributed by atoms with E-state index in [-0.39, 0.29) is 24.3 Å². The Morgan fingerprint density at radius 2 is 2.00 bits per heavy atom. The monoisotopic (exact) mass is 345 g/mol. The Bertz CT molecular complexity index is 532. The topological polar surface area (TPSA) is 60.8 Å². The van der Waals surface area contributed by atoms with Crippen LogP contribution in [-0.2, 0) is 4.79 Å². The minimum Gasteiger partial charge on any atom is -0.396 e. The quantitative estimate of drug-likeness (QED) is 0.881. The molecular weight excluding hydrogens is 325 g/mol. The van der Waals surface area contributed by atoms with Crippen molar-refractivity contribution in [3.05, 3.63) is 33.8 Å². The molecule has 1 amide bonds. The Kier molecular flexibility index (Phi) is 5.72. The van der Waals surface area contributed by atoms with Crippen LogP contribution in [0.3, 0.4) is 0 Å². The highest BCUT2D eigenvalue weighted by atomic mass is 35.5. The first kappa shape index (κ1) is 17.5. The summed E-state index contributed by atoms with van der Waals surface area (Å²) in [4.78, 5) is 14.1. The van der Waals surface area contributed by atoms with Crippen LogP contribution in [0.4, 0.5) is 0 Å². The minimum absolute atomic E-state index is 0.0157. The van der Waals surface area contributed by atoms with E-state index in [0.29, 0.717) is 28.7 Å². The molecule has 1 aliphatic rings. The van der Waals surface area contributed by atoms with E-state index in [2.05, 4.69) is 0 Å². The van der Waals surface area contributed by atoms with Crippen LogP contribution in [0.5, 0.6) is 0 Å². The second kappa shape index (κ2) is 7.18. The number of nitrogens with zero attached hydrogens (tertiary/aromatic N) is 1. The number of piperidine rings is 1. The zero-order chi connectivity index (χ0) is 16.3. The smallest absolute Gasteiger partial charge is 0.225 e. The number of benzene rings is 1. The number of hydrogen-bond acceptors (Lipinski definition) is 3. The fourth-order valence-electron chi connectivity index (χ4n) is 2.84. The molecule has 0 aliphatic carbocycles. The lowest BCUT2D eigenvalue weighted by molar-refractivity contribution is -0.137. The van der Waals surface area contributed by atoms with E-state index in [9.17, 15) is 15.0 Å². The third-order valence-electron chi connectivity index (χ3n) is 4.15. The number of aliphatic hydroxyl groups excluding tert-OH is 2. The van der Waals surface area contributed by atoms with Crippen molar-refractivity contribution in [2.45, 2.75) is 32.3 Å². The van der Waals surface area contributed by atoms with Crippen molar-refractivity contribution in [1.29, 1.82) is 0 Å². The summed E-state index contributed by atoms with van der Waals surface area (Å²) in [6.45, 7) is 3.21. The Balaban J connectivity index is 2.01. The van der Waals surface area contributed by atoms with Gasteiger partial charge in [-0.1, -0.05) is 30.1 Å². The molecule has 122 valence electrons. The summed E-state index contributed by atoms with van der Waals surface area (Å²) in [5.41, 5.74) is 0.283. The van der Waals surface area contributed by atoms with Crippen molar-refractivity contribution in [2.24, 2.45) is 5.41 Å². The van der Waals surface area contributed by atoms with Crippen LogP contribution in [-0.4, -0.2) is 40.7 Å². The van der Waals surface area contributed by atoms with Crippen molar-refractivity contribution in [3.63, 3.8) is 0 Å². The highest BCUT2D eigenvalue weighted by Crippen LogP contribution is 2.30. The number of amides is 1. The second-order valence-electron chi connectivity index (χ2n) is 6.31. The van der Waals surface area contributed by atoms with E-state index in [0.717, 1.165) is 12.8 Å². The van der Waals surface area contributed by atoms with Gasteiger partial charge in [0, 0.05) is 28.5 Å². The third-order valence-corrected chi connectivity index (χ3v) is 4.59. The molecule has 4 nitrogen and oxygen atoms in total. The SMILES string of the molecule is CC1(CO)CCCN(C(=O)CC(O)c2cc(Cl)cc(Cl)c2)C1. The normalized spacial score (nSPS) is 23.4. The van der Waals surface area contributed by atoms with E-state index >= 15 is 0 Å². The molecule has 1 heterocycles. The zero-order valence-electron chi connectivity index (χ0n) is 12.6. The van der Waals surface area contributed by atoms with Gasteiger partial charge in [0.2, 0.25) is 5.91 Å². The van der Waals surface area contributed by atoms with Gasteiger partial charge >= 0.3 is 0 Å². The van der Waals surface area contributed by atoms with Crippen molar-refractivity contribution in [1.82, 2.24) is 4.90 Å². The third kappa shape index (κ3) is 4.35. The standard InChI is InChI=1S/C16H21Cl2NO3/c1-16(10-20)3-2-4-19(9-16)15(22)8-14(21)11-5-12(17)7-13(18)6-11/h5-7,14,20-21H,2-4,8-10H2,1H3. The molecule has 1 fully saturated rings. The molecular formula is C16H21Cl2NO3. The maximum absolute atomic E-state index is 12.4. The first-order valence-corrected chi connectivity index (χ1v) is 8.11. The number of likely N-dealkylation sites (tertiary alicyclic amines) is 1. The molecule has 2 rings (SSSR count). The highest BCUT2D eigenvalue weighted by Gasteiger charge is 2.33. The van der Waals surface area contributed by atoms with Crippen LogP contribution in [0.2, 0.25) is 10.0 Å². The molecule has 2 atom stereocenters. The molecule has 1 aromatic rings. The van der Waals surface area contributed by atoms with Crippen LogP contribution in [0, 0.1) is 5.41 Å². The first-order valence-electron chi connectivity index (χ1n) is 7.36. The number of rotatable bonds is 4. The Morgan fingerprint density at radius 3 is 2.59 bits per heavy atom. The van der Waals surface area contributed by atoms with Gasteiger partial charge in [0.05, 0.1) is 19.1 Å². The van der Waals surface area contributed by atoms with Crippen molar-refractivity contribution in [3.8, 4) is 0 Å². The summed E-state index contributed by atoms with van der Waals surface area (Å²) in [6.07, 6.45) is 0.811. The number of aliphatic hydroxyl groups is 2. The molecule has 1 aromatic carbocycles. The van der Waals surface area contributed by atoms with E-state index < -0.39 is 6.10 Å².